The number of ether oxygens (including phenoxy) is 1. The van der Waals surface area contributed by atoms with Crippen molar-refractivity contribution in [2.75, 3.05) is 39.4 Å². The van der Waals surface area contributed by atoms with Crippen molar-refractivity contribution in [3.05, 3.63) is 81.1 Å². The summed E-state index contributed by atoms with van der Waals surface area (Å²) in [5.41, 5.74) is 2.61. The van der Waals surface area contributed by atoms with Crippen molar-refractivity contribution in [3.63, 3.8) is 0 Å². The molecule has 0 N–H and O–H groups in total. The molecule has 0 spiro atoms. The Labute approximate surface area is 240 Å². The number of carbonyl (C=O) groups is 1. The lowest BCUT2D eigenvalue weighted by Gasteiger charge is -2.30. The van der Waals surface area contributed by atoms with E-state index < -0.39 is 9.84 Å². The van der Waals surface area contributed by atoms with Crippen LogP contribution < -0.4 is 0 Å². The Morgan fingerprint density at radius 3 is 2.51 bits per heavy atom. The molecular weight excluding hydrogens is 559 g/mol. The van der Waals surface area contributed by atoms with Crippen molar-refractivity contribution in [3.8, 4) is 0 Å². The van der Waals surface area contributed by atoms with E-state index in [-0.39, 0.29) is 34.4 Å². The van der Waals surface area contributed by atoms with Crippen LogP contribution >= 0.6 is 23.2 Å². The summed E-state index contributed by atoms with van der Waals surface area (Å²) in [6.45, 7) is 9.84. The van der Waals surface area contributed by atoms with E-state index in [1.54, 1.807) is 33.9 Å². The van der Waals surface area contributed by atoms with Crippen LogP contribution in [0.4, 0.5) is 0 Å². The van der Waals surface area contributed by atoms with Gasteiger partial charge in [-0.05, 0) is 50.1 Å². The van der Waals surface area contributed by atoms with Gasteiger partial charge >= 0.3 is 0 Å². The van der Waals surface area contributed by atoms with Crippen LogP contribution in [0.15, 0.2) is 53.8 Å². The Balaban J connectivity index is 1.65. The van der Waals surface area contributed by atoms with Crippen molar-refractivity contribution >= 4 is 38.9 Å². The van der Waals surface area contributed by atoms with Gasteiger partial charge in [-0.25, -0.2) is 13.4 Å². The molecule has 3 aromatic rings. The number of aromatic nitrogens is 2. The molecule has 210 valence electrons. The number of carbonyl (C=O) groups excluding carboxylic acids is 1. The van der Waals surface area contributed by atoms with Crippen molar-refractivity contribution < 1.29 is 17.9 Å². The molecule has 1 aliphatic rings. The molecule has 11 heteroatoms. The minimum atomic E-state index is -3.75. The molecule has 1 aromatic heterocycles. The molecule has 1 amide bonds. The lowest BCUT2D eigenvalue weighted by atomic mass is 10.1. The Kier molecular flexibility index (Phi) is 9.72. The van der Waals surface area contributed by atoms with E-state index in [0.29, 0.717) is 42.6 Å². The van der Waals surface area contributed by atoms with E-state index in [1.165, 1.54) is 0 Å². The van der Waals surface area contributed by atoms with Gasteiger partial charge in [0.15, 0.2) is 0 Å². The first kappa shape index (κ1) is 29.6. The molecule has 0 radical (unpaired) electrons. The van der Waals surface area contributed by atoms with Crippen molar-refractivity contribution in [2.45, 2.75) is 44.3 Å². The van der Waals surface area contributed by atoms with Crippen LogP contribution in [0.25, 0.3) is 0 Å². The average molecular weight is 594 g/mol. The fourth-order valence-corrected chi connectivity index (χ4v) is 6.88. The Bertz CT molecular complexity index is 1420. The first-order valence-electron chi connectivity index (χ1n) is 12.9. The van der Waals surface area contributed by atoms with E-state index in [9.17, 15) is 13.2 Å². The number of morpholine rings is 1. The van der Waals surface area contributed by atoms with Gasteiger partial charge in [-0.2, -0.15) is 0 Å². The first-order valence-corrected chi connectivity index (χ1v) is 15.4. The van der Waals surface area contributed by atoms with Gasteiger partial charge in [-0.15, -0.1) is 0 Å². The maximum atomic E-state index is 13.7. The van der Waals surface area contributed by atoms with Gasteiger partial charge in [0, 0.05) is 37.2 Å². The number of hydrogen-bond acceptors (Lipinski definition) is 6. The predicted octanol–water partition coefficient (Wildman–Crippen LogP) is 5.03. The number of aryl methyl sites for hydroxylation is 1. The molecule has 39 heavy (non-hydrogen) atoms. The summed E-state index contributed by atoms with van der Waals surface area (Å²) in [6, 6.07) is 12.0. The topological polar surface area (TPSA) is 84.7 Å². The molecule has 1 saturated heterocycles. The Hall–Kier alpha value is -2.43. The van der Waals surface area contributed by atoms with E-state index in [1.807, 2.05) is 45.0 Å². The molecule has 0 atom stereocenters. The highest BCUT2D eigenvalue weighted by Gasteiger charge is 2.28. The summed E-state index contributed by atoms with van der Waals surface area (Å²) >= 11 is 12.5. The zero-order valence-corrected chi connectivity index (χ0v) is 24.8. The summed E-state index contributed by atoms with van der Waals surface area (Å²) in [6.07, 6.45) is 1.56. The third kappa shape index (κ3) is 7.21. The highest BCUT2D eigenvalue weighted by Crippen LogP contribution is 2.26. The van der Waals surface area contributed by atoms with Gasteiger partial charge in [0.25, 0.3) is 5.91 Å². The molecule has 0 aliphatic carbocycles. The third-order valence-electron chi connectivity index (χ3n) is 6.83. The number of benzene rings is 2. The first-order chi connectivity index (χ1) is 18.6. The SMILES string of the molecule is Cc1ccccc1CS(=O)(=O)c1ncc(CN(CCN2CCOCC2)C(=O)c2ccc(Cl)cc2Cl)n1C(C)C. The standard InChI is InChI=1S/C28H34Cl2N4O4S/c1-20(2)34-24(17-31-28(34)39(36,37)19-22-7-5-4-6-21(22)3)18-33(11-10-32-12-14-38-15-13-32)27(35)25-9-8-23(29)16-26(25)30/h4-9,16-17,20H,10-15,18-19H2,1-3H3. The van der Waals surface area contributed by atoms with E-state index in [0.717, 1.165) is 24.2 Å². The van der Waals surface area contributed by atoms with Crippen molar-refractivity contribution in [1.82, 2.24) is 19.4 Å². The molecule has 1 fully saturated rings. The normalized spacial score (nSPS) is 14.6. The number of halogens is 2. The molecule has 2 aromatic carbocycles. The Morgan fingerprint density at radius 2 is 1.85 bits per heavy atom. The number of amides is 1. The van der Waals surface area contributed by atoms with Gasteiger partial charge in [0.1, 0.15) is 0 Å². The average Bonchev–Trinajstić information content (AvgIpc) is 3.33. The van der Waals surface area contributed by atoms with Crippen LogP contribution in [0.5, 0.6) is 0 Å². The maximum absolute atomic E-state index is 13.7. The van der Waals surface area contributed by atoms with Crippen molar-refractivity contribution in [1.29, 1.82) is 0 Å². The molecule has 0 unspecified atom stereocenters. The predicted molar refractivity (Wildman–Crippen MR) is 153 cm³/mol. The lowest BCUT2D eigenvalue weighted by Crippen LogP contribution is -2.43. The quantitative estimate of drug-likeness (QED) is 0.328. The highest BCUT2D eigenvalue weighted by molar-refractivity contribution is 7.90. The van der Waals surface area contributed by atoms with Crippen LogP contribution in [-0.2, 0) is 26.9 Å². The summed E-state index contributed by atoms with van der Waals surface area (Å²) in [5, 5.41) is 0.710. The van der Waals surface area contributed by atoms with Gasteiger partial charge < -0.3 is 14.2 Å². The number of imidazole rings is 1. The second-order valence-corrected chi connectivity index (χ2v) is 12.7. The fourth-order valence-electron chi connectivity index (χ4n) is 4.69. The molecular formula is C28H34Cl2N4O4S. The van der Waals surface area contributed by atoms with E-state index in [4.69, 9.17) is 27.9 Å². The summed E-state index contributed by atoms with van der Waals surface area (Å²) in [4.78, 5) is 22.0. The smallest absolute Gasteiger partial charge is 0.255 e. The zero-order valence-electron chi connectivity index (χ0n) is 22.4. The van der Waals surface area contributed by atoms with E-state index >= 15 is 0 Å². The summed E-state index contributed by atoms with van der Waals surface area (Å²) in [7, 11) is -3.75. The minimum Gasteiger partial charge on any atom is -0.379 e. The van der Waals surface area contributed by atoms with Crippen LogP contribution in [-0.4, -0.2) is 73.1 Å². The molecule has 8 nitrogen and oxygen atoms in total. The van der Waals surface area contributed by atoms with Crippen LogP contribution in [0.2, 0.25) is 10.0 Å². The van der Waals surface area contributed by atoms with Crippen LogP contribution in [0.3, 0.4) is 0 Å². The zero-order chi connectivity index (χ0) is 28.2. The monoisotopic (exact) mass is 592 g/mol. The van der Waals surface area contributed by atoms with Gasteiger partial charge in [0.05, 0.1) is 48.0 Å². The second kappa shape index (κ2) is 12.8. The molecule has 4 rings (SSSR count). The second-order valence-electron chi connectivity index (χ2n) is 9.99. The molecule has 0 saturated carbocycles. The number of hydrogen-bond donors (Lipinski definition) is 0. The lowest BCUT2D eigenvalue weighted by molar-refractivity contribution is 0.0319. The number of sulfone groups is 1. The van der Waals surface area contributed by atoms with E-state index in [2.05, 4.69) is 9.88 Å². The third-order valence-corrected chi connectivity index (χ3v) is 8.93. The summed E-state index contributed by atoms with van der Waals surface area (Å²) in [5.74, 6) is -0.408. The van der Waals surface area contributed by atoms with Gasteiger partial charge in [-0.1, -0.05) is 47.5 Å². The van der Waals surface area contributed by atoms with Gasteiger partial charge in [0.2, 0.25) is 15.0 Å². The van der Waals surface area contributed by atoms with Crippen molar-refractivity contribution in [2.24, 2.45) is 0 Å². The largest absolute Gasteiger partial charge is 0.379 e. The Morgan fingerprint density at radius 1 is 1.13 bits per heavy atom. The van der Waals surface area contributed by atoms with Crippen LogP contribution in [0, 0.1) is 6.92 Å². The van der Waals surface area contributed by atoms with Gasteiger partial charge in [-0.3, -0.25) is 9.69 Å². The highest BCUT2D eigenvalue weighted by atomic mass is 35.5. The molecule has 1 aliphatic heterocycles. The minimum absolute atomic E-state index is 0.000793. The molecule has 2 heterocycles. The molecule has 0 bridgehead atoms. The fraction of sp³-hybridized carbons (Fsp3) is 0.429. The number of nitrogens with zero attached hydrogens (tertiary/aromatic N) is 4. The van der Waals surface area contributed by atoms with Crippen LogP contribution in [0.1, 0.15) is 47.1 Å². The summed E-state index contributed by atoms with van der Waals surface area (Å²) < 4.78 is 34.2. The maximum Gasteiger partial charge on any atom is 0.255 e. The number of rotatable bonds is 10.